The van der Waals surface area contributed by atoms with Gasteiger partial charge in [-0.25, -0.2) is 0 Å². The van der Waals surface area contributed by atoms with E-state index in [1.54, 1.807) is 19.2 Å². The van der Waals surface area contributed by atoms with Crippen molar-refractivity contribution < 1.29 is 9.66 Å². The molecule has 0 amide bonds. The Hall–Kier alpha value is -2.08. The minimum absolute atomic E-state index is 0.0443. The lowest BCUT2D eigenvalue weighted by Gasteiger charge is -2.08. The zero-order valence-corrected chi connectivity index (χ0v) is 12.4. The third kappa shape index (κ3) is 3.48. The molecule has 0 aromatic heterocycles. The van der Waals surface area contributed by atoms with Crippen molar-refractivity contribution in [2.24, 2.45) is 0 Å². The number of nitrogens with zero attached hydrogens (tertiary/aromatic N) is 1. The lowest BCUT2D eigenvalue weighted by Crippen LogP contribution is -2.00. The molecule has 0 aliphatic rings. The van der Waals surface area contributed by atoms with Gasteiger partial charge < -0.3 is 10.1 Å². The number of halogens is 1. The van der Waals surface area contributed by atoms with Crippen LogP contribution in [-0.2, 0) is 6.61 Å². The van der Waals surface area contributed by atoms with Crippen molar-refractivity contribution in [3.05, 3.63) is 62.6 Å². The van der Waals surface area contributed by atoms with Crippen LogP contribution in [0.4, 0.5) is 11.4 Å². The Labute approximate surface area is 124 Å². The predicted molar refractivity (Wildman–Crippen MR) is 81.1 cm³/mol. The van der Waals surface area contributed by atoms with Gasteiger partial charge in [-0.05, 0) is 29.8 Å². The lowest BCUT2D eigenvalue weighted by molar-refractivity contribution is -0.384. The van der Waals surface area contributed by atoms with Gasteiger partial charge >= 0.3 is 0 Å². The summed E-state index contributed by atoms with van der Waals surface area (Å²) in [4.78, 5) is 10.6. The van der Waals surface area contributed by atoms with Crippen LogP contribution in [0.15, 0.2) is 46.9 Å². The second-order valence-corrected chi connectivity index (χ2v) is 5.02. The highest BCUT2D eigenvalue weighted by atomic mass is 79.9. The van der Waals surface area contributed by atoms with Gasteiger partial charge in [0.1, 0.15) is 18.0 Å². The molecule has 0 unspecified atom stereocenters. The Morgan fingerprint density at radius 3 is 2.75 bits per heavy atom. The van der Waals surface area contributed by atoms with Crippen molar-refractivity contribution in [1.82, 2.24) is 0 Å². The van der Waals surface area contributed by atoms with E-state index in [0.717, 1.165) is 10.0 Å². The molecule has 0 atom stereocenters. The molecule has 2 rings (SSSR count). The number of rotatable bonds is 5. The highest BCUT2D eigenvalue weighted by Gasteiger charge is 2.13. The first-order chi connectivity index (χ1) is 9.60. The van der Waals surface area contributed by atoms with Crippen molar-refractivity contribution in [3.8, 4) is 5.75 Å². The largest absolute Gasteiger partial charge is 0.489 e. The molecule has 0 spiro atoms. The molecule has 0 bridgehead atoms. The number of nitro groups is 1. The smallest absolute Gasteiger partial charge is 0.292 e. The molecule has 0 fully saturated rings. The summed E-state index contributed by atoms with van der Waals surface area (Å²) in [6, 6.07) is 12.4. The van der Waals surface area contributed by atoms with Crippen LogP contribution in [0, 0.1) is 10.1 Å². The summed E-state index contributed by atoms with van der Waals surface area (Å²) < 4.78 is 6.53. The number of hydrogen-bond acceptors (Lipinski definition) is 4. The molecule has 0 heterocycles. The monoisotopic (exact) mass is 336 g/mol. The standard InChI is InChI=1S/C14H13BrN2O3/c1-16-13-6-5-10(7-14(13)17(18)19)9-20-12-4-2-3-11(15)8-12/h2-8,16H,9H2,1H3. The average Bonchev–Trinajstić information content (AvgIpc) is 2.45. The van der Waals surface area contributed by atoms with Gasteiger partial charge in [0.15, 0.2) is 0 Å². The second-order valence-electron chi connectivity index (χ2n) is 4.10. The highest BCUT2D eigenvalue weighted by Crippen LogP contribution is 2.26. The normalized spacial score (nSPS) is 10.1. The number of nitro benzene ring substituents is 1. The minimum atomic E-state index is -0.408. The van der Waals surface area contributed by atoms with E-state index >= 15 is 0 Å². The van der Waals surface area contributed by atoms with Crippen LogP contribution in [0.1, 0.15) is 5.56 Å². The maximum atomic E-state index is 11.0. The van der Waals surface area contributed by atoms with Gasteiger partial charge in [-0.3, -0.25) is 10.1 Å². The van der Waals surface area contributed by atoms with Gasteiger partial charge in [-0.2, -0.15) is 0 Å². The zero-order valence-electron chi connectivity index (χ0n) is 10.8. The Morgan fingerprint density at radius 2 is 2.10 bits per heavy atom. The molecule has 0 aliphatic carbocycles. The third-order valence-electron chi connectivity index (χ3n) is 2.73. The lowest BCUT2D eigenvalue weighted by atomic mass is 10.2. The van der Waals surface area contributed by atoms with E-state index in [1.807, 2.05) is 24.3 Å². The van der Waals surface area contributed by atoms with Crippen LogP contribution in [0.2, 0.25) is 0 Å². The van der Waals surface area contributed by atoms with E-state index in [1.165, 1.54) is 6.07 Å². The number of benzene rings is 2. The van der Waals surface area contributed by atoms with E-state index in [0.29, 0.717) is 11.4 Å². The maximum absolute atomic E-state index is 11.0. The fourth-order valence-corrected chi connectivity index (χ4v) is 2.13. The molecule has 0 saturated heterocycles. The van der Waals surface area contributed by atoms with E-state index in [-0.39, 0.29) is 12.3 Å². The Balaban J connectivity index is 2.14. The summed E-state index contributed by atoms with van der Waals surface area (Å²) in [6.45, 7) is 0.279. The molecule has 0 radical (unpaired) electrons. The first kappa shape index (κ1) is 14.3. The van der Waals surface area contributed by atoms with Crippen molar-refractivity contribution in [2.75, 3.05) is 12.4 Å². The van der Waals surface area contributed by atoms with Crippen LogP contribution in [0.5, 0.6) is 5.75 Å². The van der Waals surface area contributed by atoms with Crippen molar-refractivity contribution in [2.45, 2.75) is 6.61 Å². The van der Waals surface area contributed by atoms with Gasteiger partial charge in [-0.1, -0.05) is 28.1 Å². The molecule has 20 heavy (non-hydrogen) atoms. The van der Waals surface area contributed by atoms with E-state index < -0.39 is 4.92 Å². The molecule has 0 aliphatic heterocycles. The Kier molecular flexibility index (Phi) is 4.57. The summed E-state index contributed by atoms with van der Waals surface area (Å²) in [7, 11) is 1.65. The quantitative estimate of drug-likeness (QED) is 0.662. The van der Waals surface area contributed by atoms with Crippen LogP contribution in [-0.4, -0.2) is 12.0 Å². The first-order valence-corrected chi connectivity index (χ1v) is 6.73. The highest BCUT2D eigenvalue weighted by molar-refractivity contribution is 9.10. The average molecular weight is 337 g/mol. The first-order valence-electron chi connectivity index (χ1n) is 5.93. The van der Waals surface area contributed by atoms with Crippen LogP contribution >= 0.6 is 15.9 Å². The number of nitrogens with one attached hydrogen (secondary N) is 1. The van der Waals surface area contributed by atoms with Crippen LogP contribution in [0.25, 0.3) is 0 Å². The zero-order chi connectivity index (χ0) is 14.5. The Morgan fingerprint density at radius 1 is 1.30 bits per heavy atom. The molecule has 0 saturated carbocycles. The van der Waals surface area contributed by atoms with E-state index in [2.05, 4.69) is 21.2 Å². The van der Waals surface area contributed by atoms with Crippen molar-refractivity contribution in [3.63, 3.8) is 0 Å². The van der Waals surface area contributed by atoms with Crippen LogP contribution in [0.3, 0.4) is 0 Å². The van der Waals surface area contributed by atoms with Gasteiger partial charge in [0.25, 0.3) is 5.69 Å². The molecular weight excluding hydrogens is 324 g/mol. The molecule has 5 nitrogen and oxygen atoms in total. The second kappa shape index (κ2) is 6.38. The maximum Gasteiger partial charge on any atom is 0.292 e. The number of anilines is 1. The third-order valence-corrected chi connectivity index (χ3v) is 3.22. The molecule has 2 aromatic rings. The molecule has 104 valence electrons. The molecule has 6 heteroatoms. The summed E-state index contributed by atoms with van der Waals surface area (Å²) in [5.41, 5.74) is 1.28. The van der Waals surface area contributed by atoms with Crippen molar-refractivity contribution >= 4 is 27.3 Å². The van der Waals surface area contributed by atoms with E-state index in [9.17, 15) is 10.1 Å². The van der Waals surface area contributed by atoms with Gasteiger partial charge in [0.2, 0.25) is 0 Å². The topological polar surface area (TPSA) is 64.4 Å². The molecular formula is C14H13BrN2O3. The molecule has 2 aromatic carbocycles. The van der Waals surface area contributed by atoms with Crippen molar-refractivity contribution in [1.29, 1.82) is 0 Å². The summed E-state index contributed by atoms with van der Waals surface area (Å²) in [6.07, 6.45) is 0. The predicted octanol–water partition coefficient (Wildman–Crippen LogP) is 3.98. The summed E-state index contributed by atoms with van der Waals surface area (Å²) >= 11 is 3.36. The fourth-order valence-electron chi connectivity index (χ4n) is 1.75. The molecule has 1 N–H and O–H groups in total. The summed E-state index contributed by atoms with van der Waals surface area (Å²) in [5.74, 6) is 0.708. The van der Waals surface area contributed by atoms with Gasteiger partial charge in [-0.15, -0.1) is 0 Å². The number of hydrogen-bond donors (Lipinski definition) is 1. The SMILES string of the molecule is CNc1ccc(COc2cccc(Br)c2)cc1[N+](=O)[O-]. The number of ether oxygens (including phenoxy) is 1. The van der Waals surface area contributed by atoms with Crippen LogP contribution < -0.4 is 10.1 Å². The summed E-state index contributed by atoms with van der Waals surface area (Å²) in [5, 5.41) is 13.8. The van der Waals surface area contributed by atoms with Gasteiger partial charge in [0.05, 0.1) is 4.92 Å². The minimum Gasteiger partial charge on any atom is -0.489 e. The van der Waals surface area contributed by atoms with Gasteiger partial charge in [0, 0.05) is 17.6 Å². The fraction of sp³-hybridized carbons (Fsp3) is 0.143. The Bertz CT molecular complexity index is 632. The van der Waals surface area contributed by atoms with E-state index in [4.69, 9.17) is 4.74 Å².